The summed E-state index contributed by atoms with van der Waals surface area (Å²) >= 11 is 0. The zero-order valence-electron chi connectivity index (χ0n) is 15.6. The van der Waals surface area contributed by atoms with Crippen LogP contribution >= 0.6 is 0 Å². The molecule has 4 rings (SSSR count). The van der Waals surface area contributed by atoms with Crippen LogP contribution in [-0.4, -0.2) is 41.8 Å². The Bertz CT molecular complexity index is 936. The molecule has 1 aliphatic heterocycles. The SMILES string of the molecule is C/C(=N/N1CCN(Cc2cccc3ccccc23)CC1)c1ccc(F)cc1. The molecule has 0 saturated carbocycles. The molecule has 3 aromatic carbocycles. The fraction of sp³-hybridized carbons (Fsp3) is 0.261. The summed E-state index contributed by atoms with van der Waals surface area (Å²) < 4.78 is 13.1. The average molecular weight is 361 g/mol. The highest BCUT2D eigenvalue weighted by molar-refractivity contribution is 5.98. The molecule has 0 radical (unpaired) electrons. The Hall–Kier alpha value is -2.72. The molecule has 1 aliphatic rings. The zero-order chi connectivity index (χ0) is 18.6. The van der Waals surface area contributed by atoms with E-state index in [9.17, 15) is 4.39 Å². The Labute approximate surface area is 159 Å². The highest BCUT2D eigenvalue weighted by atomic mass is 19.1. The zero-order valence-corrected chi connectivity index (χ0v) is 15.6. The third kappa shape index (κ3) is 4.17. The first-order valence-corrected chi connectivity index (χ1v) is 9.44. The van der Waals surface area contributed by atoms with E-state index in [0.29, 0.717) is 0 Å². The minimum atomic E-state index is -0.214. The molecule has 138 valence electrons. The van der Waals surface area contributed by atoms with Gasteiger partial charge in [0.1, 0.15) is 5.82 Å². The summed E-state index contributed by atoms with van der Waals surface area (Å²) in [5.74, 6) is -0.214. The van der Waals surface area contributed by atoms with Gasteiger partial charge in [0.2, 0.25) is 0 Å². The monoisotopic (exact) mass is 361 g/mol. The second-order valence-electron chi connectivity index (χ2n) is 7.06. The van der Waals surface area contributed by atoms with Crippen molar-refractivity contribution in [3.8, 4) is 0 Å². The molecule has 0 N–H and O–H groups in total. The molecule has 1 saturated heterocycles. The number of hydrogen-bond acceptors (Lipinski definition) is 3. The highest BCUT2D eigenvalue weighted by Crippen LogP contribution is 2.20. The molecule has 0 atom stereocenters. The summed E-state index contributed by atoms with van der Waals surface area (Å²) in [4.78, 5) is 2.49. The van der Waals surface area contributed by atoms with Gasteiger partial charge in [-0.15, -0.1) is 0 Å². The molecule has 1 heterocycles. The fourth-order valence-corrected chi connectivity index (χ4v) is 3.63. The third-order valence-electron chi connectivity index (χ3n) is 5.18. The Morgan fingerprint density at radius 2 is 1.59 bits per heavy atom. The largest absolute Gasteiger partial charge is 0.295 e. The number of fused-ring (bicyclic) bond motifs is 1. The Balaban J connectivity index is 1.39. The van der Waals surface area contributed by atoms with Gasteiger partial charge in [-0.1, -0.05) is 54.6 Å². The van der Waals surface area contributed by atoms with Crippen molar-refractivity contribution in [1.82, 2.24) is 9.91 Å². The van der Waals surface area contributed by atoms with E-state index < -0.39 is 0 Å². The van der Waals surface area contributed by atoms with Gasteiger partial charge in [0, 0.05) is 32.7 Å². The van der Waals surface area contributed by atoms with E-state index in [1.807, 2.05) is 6.92 Å². The number of benzene rings is 3. The van der Waals surface area contributed by atoms with Crippen LogP contribution in [0.2, 0.25) is 0 Å². The second-order valence-corrected chi connectivity index (χ2v) is 7.06. The van der Waals surface area contributed by atoms with E-state index in [0.717, 1.165) is 44.0 Å². The quantitative estimate of drug-likeness (QED) is 0.636. The van der Waals surface area contributed by atoms with Crippen molar-refractivity contribution in [1.29, 1.82) is 0 Å². The third-order valence-corrected chi connectivity index (χ3v) is 5.18. The Morgan fingerprint density at radius 1 is 0.889 bits per heavy atom. The van der Waals surface area contributed by atoms with Gasteiger partial charge < -0.3 is 0 Å². The summed E-state index contributed by atoms with van der Waals surface area (Å²) in [5, 5.41) is 9.49. The van der Waals surface area contributed by atoms with Crippen molar-refractivity contribution >= 4 is 16.5 Å². The summed E-state index contributed by atoms with van der Waals surface area (Å²) in [6, 6.07) is 21.6. The lowest BCUT2D eigenvalue weighted by Gasteiger charge is -2.33. The Kier molecular flexibility index (Phi) is 5.16. The molecule has 0 aromatic heterocycles. The van der Waals surface area contributed by atoms with Crippen LogP contribution in [0.1, 0.15) is 18.1 Å². The van der Waals surface area contributed by atoms with Gasteiger partial charge in [-0.25, -0.2) is 4.39 Å². The van der Waals surface area contributed by atoms with E-state index in [2.05, 4.69) is 52.4 Å². The van der Waals surface area contributed by atoms with E-state index in [1.165, 1.54) is 28.5 Å². The van der Waals surface area contributed by atoms with Crippen LogP contribution in [0.4, 0.5) is 4.39 Å². The lowest BCUT2D eigenvalue weighted by molar-refractivity contribution is 0.131. The van der Waals surface area contributed by atoms with Crippen molar-refractivity contribution < 1.29 is 4.39 Å². The lowest BCUT2D eigenvalue weighted by Crippen LogP contribution is -2.43. The van der Waals surface area contributed by atoms with Crippen molar-refractivity contribution in [2.24, 2.45) is 5.10 Å². The molecule has 1 fully saturated rings. The number of hydrogen-bond donors (Lipinski definition) is 0. The standard InChI is InChI=1S/C23H24FN3/c1-18(19-9-11-22(24)12-10-19)25-27-15-13-26(14-16-27)17-21-7-4-6-20-5-2-3-8-23(20)21/h2-12H,13-17H2,1H3/b25-18-. The number of rotatable bonds is 4. The molecule has 0 spiro atoms. The maximum absolute atomic E-state index is 13.1. The topological polar surface area (TPSA) is 18.8 Å². The van der Waals surface area contributed by atoms with Crippen LogP contribution < -0.4 is 0 Å². The van der Waals surface area contributed by atoms with Gasteiger partial charge in [0.15, 0.2) is 0 Å². The van der Waals surface area contributed by atoms with Gasteiger partial charge in [0.05, 0.1) is 5.71 Å². The number of piperazine rings is 1. The van der Waals surface area contributed by atoms with Crippen LogP contribution in [0.15, 0.2) is 71.8 Å². The predicted octanol–water partition coefficient (Wildman–Crippen LogP) is 4.52. The number of hydrazone groups is 1. The second kappa shape index (κ2) is 7.89. The summed E-state index contributed by atoms with van der Waals surface area (Å²) in [6.45, 7) is 6.74. The van der Waals surface area contributed by atoms with Crippen molar-refractivity contribution in [2.45, 2.75) is 13.5 Å². The maximum atomic E-state index is 13.1. The van der Waals surface area contributed by atoms with Crippen molar-refractivity contribution in [3.05, 3.63) is 83.7 Å². The molecule has 3 aromatic rings. The molecule has 0 unspecified atom stereocenters. The van der Waals surface area contributed by atoms with Crippen LogP contribution in [0, 0.1) is 5.82 Å². The van der Waals surface area contributed by atoms with Crippen LogP contribution in [0.5, 0.6) is 0 Å². The van der Waals surface area contributed by atoms with E-state index in [-0.39, 0.29) is 5.82 Å². The summed E-state index contributed by atoms with van der Waals surface area (Å²) in [7, 11) is 0. The summed E-state index contributed by atoms with van der Waals surface area (Å²) in [5.41, 5.74) is 3.28. The molecular formula is C23H24FN3. The van der Waals surface area contributed by atoms with Crippen LogP contribution in [0.25, 0.3) is 10.8 Å². The number of halogens is 1. The minimum absolute atomic E-state index is 0.214. The summed E-state index contributed by atoms with van der Waals surface area (Å²) in [6.07, 6.45) is 0. The number of nitrogens with zero attached hydrogens (tertiary/aromatic N) is 3. The fourth-order valence-electron chi connectivity index (χ4n) is 3.63. The molecule has 0 aliphatic carbocycles. The van der Waals surface area contributed by atoms with E-state index in [4.69, 9.17) is 5.10 Å². The maximum Gasteiger partial charge on any atom is 0.123 e. The van der Waals surface area contributed by atoms with E-state index in [1.54, 1.807) is 12.1 Å². The van der Waals surface area contributed by atoms with E-state index >= 15 is 0 Å². The molecule has 4 heteroatoms. The highest BCUT2D eigenvalue weighted by Gasteiger charge is 2.17. The minimum Gasteiger partial charge on any atom is -0.295 e. The molecule has 0 amide bonds. The molecular weight excluding hydrogens is 337 g/mol. The normalized spacial score (nSPS) is 16.1. The Morgan fingerprint density at radius 3 is 2.37 bits per heavy atom. The van der Waals surface area contributed by atoms with Gasteiger partial charge in [0.25, 0.3) is 0 Å². The first-order chi connectivity index (χ1) is 13.2. The lowest BCUT2D eigenvalue weighted by atomic mass is 10.0. The van der Waals surface area contributed by atoms with Crippen molar-refractivity contribution in [2.75, 3.05) is 26.2 Å². The smallest absolute Gasteiger partial charge is 0.123 e. The van der Waals surface area contributed by atoms with Gasteiger partial charge in [-0.2, -0.15) is 5.10 Å². The molecule has 0 bridgehead atoms. The average Bonchev–Trinajstić information content (AvgIpc) is 2.70. The van der Waals surface area contributed by atoms with Gasteiger partial charge in [-0.05, 0) is 41.0 Å². The first kappa shape index (κ1) is 17.7. The van der Waals surface area contributed by atoms with Crippen LogP contribution in [-0.2, 0) is 6.54 Å². The van der Waals surface area contributed by atoms with Crippen molar-refractivity contribution in [3.63, 3.8) is 0 Å². The first-order valence-electron chi connectivity index (χ1n) is 9.44. The predicted molar refractivity (Wildman–Crippen MR) is 109 cm³/mol. The van der Waals surface area contributed by atoms with Crippen LogP contribution in [0.3, 0.4) is 0 Å². The van der Waals surface area contributed by atoms with Gasteiger partial charge in [-0.3, -0.25) is 9.91 Å². The molecule has 27 heavy (non-hydrogen) atoms. The molecule has 3 nitrogen and oxygen atoms in total. The van der Waals surface area contributed by atoms with Gasteiger partial charge >= 0.3 is 0 Å².